The number of benzene rings is 1. The summed E-state index contributed by atoms with van der Waals surface area (Å²) in [7, 11) is 3.49. The Morgan fingerprint density at radius 3 is 2.67 bits per heavy atom. The number of aryl methyl sites for hydroxylation is 1. The second-order valence-corrected chi connectivity index (χ2v) is 3.33. The monoisotopic (exact) mass is 203 g/mol. The first-order valence-corrected chi connectivity index (χ1v) is 4.64. The van der Waals surface area contributed by atoms with E-state index in [4.69, 9.17) is 10.5 Å². The van der Waals surface area contributed by atoms with Crippen molar-refractivity contribution in [3.8, 4) is 17.0 Å². The van der Waals surface area contributed by atoms with Crippen molar-refractivity contribution in [2.24, 2.45) is 7.05 Å². The van der Waals surface area contributed by atoms with Gasteiger partial charge < -0.3 is 10.5 Å². The molecule has 0 aliphatic heterocycles. The van der Waals surface area contributed by atoms with Gasteiger partial charge in [0.25, 0.3) is 0 Å². The maximum absolute atomic E-state index is 5.82. The molecule has 0 saturated carbocycles. The number of nitrogen functional groups attached to an aromatic ring is 1. The van der Waals surface area contributed by atoms with Crippen molar-refractivity contribution >= 4 is 5.69 Å². The zero-order valence-corrected chi connectivity index (χ0v) is 8.77. The van der Waals surface area contributed by atoms with Crippen molar-refractivity contribution in [1.29, 1.82) is 0 Å². The van der Waals surface area contributed by atoms with E-state index in [1.807, 2.05) is 37.5 Å². The Labute approximate surface area is 88.3 Å². The topological polar surface area (TPSA) is 53.1 Å². The van der Waals surface area contributed by atoms with Gasteiger partial charge in [0.05, 0.1) is 18.5 Å². The minimum Gasteiger partial charge on any atom is -0.495 e. The molecule has 1 aromatic heterocycles. The second-order valence-electron chi connectivity index (χ2n) is 3.33. The third-order valence-corrected chi connectivity index (χ3v) is 2.24. The molecule has 2 N–H and O–H groups in total. The van der Waals surface area contributed by atoms with Crippen LogP contribution >= 0.6 is 0 Å². The Bertz CT molecular complexity index is 476. The minimum atomic E-state index is 0.626. The van der Waals surface area contributed by atoms with E-state index in [1.54, 1.807) is 11.8 Å². The molecule has 0 spiro atoms. The number of methoxy groups -OCH3 is 1. The number of anilines is 1. The summed E-state index contributed by atoms with van der Waals surface area (Å²) in [6.07, 6.45) is 1.90. The zero-order valence-electron chi connectivity index (χ0n) is 8.77. The van der Waals surface area contributed by atoms with Crippen LogP contribution in [-0.4, -0.2) is 16.9 Å². The van der Waals surface area contributed by atoms with E-state index in [1.165, 1.54) is 0 Å². The number of rotatable bonds is 2. The van der Waals surface area contributed by atoms with Gasteiger partial charge in [-0.2, -0.15) is 5.10 Å². The smallest absolute Gasteiger partial charge is 0.141 e. The van der Waals surface area contributed by atoms with E-state index in [0.29, 0.717) is 11.4 Å². The highest BCUT2D eigenvalue weighted by atomic mass is 16.5. The van der Waals surface area contributed by atoms with E-state index in [0.717, 1.165) is 11.3 Å². The van der Waals surface area contributed by atoms with Crippen LogP contribution in [-0.2, 0) is 7.05 Å². The number of ether oxygens (including phenoxy) is 1. The highest BCUT2D eigenvalue weighted by molar-refractivity contribution is 5.67. The lowest BCUT2D eigenvalue weighted by atomic mass is 10.1. The maximum atomic E-state index is 5.82. The predicted octanol–water partition coefficient (Wildman–Crippen LogP) is 1.68. The molecule has 1 heterocycles. The number of hydrogen-bond acceptors (Lipinski definition) is 3. The number of nitrogens with zero attached hydrogens (tertiary/aromatic N) is 2. The maximum Gasteiger partial charge on any atom is 0.141 e. The standard InChI is InChI=1S/C11H13N3O/c1-14-6-5-10(13-14)8-3-4-11(15-2)9(12)7-8/h3-7H,12H2,1-2H3. The number of aromatic nitrogens is 2. The van der Waals surface area contributed by atoms with Crippen molar-refractivity contribution in [2.75, 3.05) is 12.8 Å². The van der Waals surface area contributed by atoms with Crippen LogP contribution in [0.2, 0.25) is 0 Å². The molecular weight excluding hydrogens is 190 g/mol. The summed E-state index contributed by atoms with van der Waals surface area (Å²) in [6, 6.07) is 7.60. The van der Waals surface area contributed by atoms with Crippen molar-refractivity contribution in [2.45, 2.75) is 0 Å². The minimum absolute atomic E-state index is 0.626. The molecule has 0 atom stereocenters. The molecular formula is C11H13N3O. The van der Waals surface area contributed by atoms with Crippen LogP contribution in [0, 0.1) is 0 Å². The molecule has 0 saturated heterocycles. The lowest BCUT2D eigenvalue weighted by Gasteiger charge is -2.05. The summed E-state index contributed by atoms with van der Waals surface area (Å²) in [5, 5.41) is 4.30. The molecule has 78 valence electrons. The fourth-order valence-corrected chi connectivity index (χ4v) is 1.46. The molecule has 2 rings (SSSR count). The van der Waals surface area contributed by atoms with E-state index < -0.39 is 0 Å². The van der Waals surface area contributed by atoms with E-state index in [2.05, 4.69) is 5.10 Å². The summed E-state index contributed by atoms with van der Waals surface area (Å²) in [5.41, 5.74) is 8.35. The van der Waals surface area contributed by atoms with E-state index >= 15 is 0 Å². The van der Waals surface area contributed by atoms with Gasteiger partial charge in [-0.25, -0.2) is 0 Å². The quantitative estimate of drug-likeness (QED) is 0.755. The van der Waals surface area contributed by atoms with Crippen molar-refractivity contribution in [1.82, 2.24) is 9.78 Å². The SMILES string of the molecule is COc1ccc(-c2ccn(C)n2)cc1N. The van der Waals surface area contributed by atoms with Crippen LogP contribution in [0.1, 0.15) is 0 Å². The first-order valence-electron chi connectivity index (χ1n) is 4.64. The van der Waals surface area contributed by atoms with Gasteiger partial charge in [0.15, 0.2) is 0 Å². The van der Waals surface area contributed by atoms with Gasteiger partial charge in [-0.1, -0.05) is 0 Å². The molecule has 4 heteroatoms. The van der Waals surface area contributed by atoms with Crippen molar-refractivity contribution in [3.05, 3.63) is 30.5 Å². The molecule has 0 aliphatic carbocycles. The average Bonchev–Trinajstić information content (AvgIpc) is 2.65. The average molecular weight is 203 g/mol. The zero-order chi connectivity index (χ0) is 10.8. The number of hydrogen-bond donors (Lipinski definition) is 1. The highest BCUT2D eigenvalue weighted by Crippen LogP contribution is 2.27. The van der Waals surface area contributed by atoms with Crippen LogP contribution in [0.25, 0.3) is 11.3 Å². The van der Waals surface area contributed by atoms with Crippen LogP contribution in [0.4, 0.5) is 5.69 Å². The Morgan fingerprint density at radius 1 is 1.33 bits per heavy atom. The third kappa shape index (κ3) is 1.79. The number of nitrogens with two attached hydrogens (primary N) is 1. The van der Waals surface area contributed by atoms with Gasteiger partial charge in [0.2, 0.25) is 0 Å². The first-order chi connectivity index (χ1) is 7.20. The van der Waals surface area contributed by atoms with Crippen LogP contribution in [0.5, 0.6) is 5.75 Å². The van der Waals surface area contributed by atoms with Crippen LogP contribution < -0.4 is 10.5 Å². The first kappa shape index (κ1) is 9.58. The summed E-state index contributed by atoms with van der Waals surface area (Å²) >= 11 is 0. The lowest BCUT2D eigenvalue weighted by Crippen LogP contribution is -1.93. The normalized spacial score (nSPS) is 10.3. The fourth-order valence-electron chi connectivity index (χ4n) is 1.46. The van der Waals surface area contributed by atoms with Gasteiger partial charge in [-0.05, 0) is 24.3 Å². The van der Waals surface area contributed by atoms with Crippen molar-refractivity contribution in [3.63, 3.8) is 0 Å². The molecule has 1 aromatic carbocycles. The summed E-state index contributed by atoms with van der Waals surface area (Å²) < 4.78 is 6.85. The van der Waals surface area contributed by atoms with Gasteiger partial charge in [0.1, 0.15) is 5.75 Å². The summed E-state index contributed by atoms with van der Waals surface area (Å²) in [6.45, 7) is 0. The molecule has 0 bridgehead atoms. The molecule has 0 radical (unpaired) electrons. The van der Waals surface area contributed by atoms with Gasteiger partial charge in [0, 0.05) is 18.8 Å². The molecule has 15 heavy (non-hydrogen) atoms. The van der Waals surface area contributed by atoms with Crippen LogP contribution in [0.3, 0.4) is 0 Å². The van der Waals surface area contributed by atoms with E-state index in [-0.39, 0.29) is 0 Å². The van der Waals surface area contributed by atoms with Gasteiger partial charge in [-0.3, -0.25) is 4.68 Å². The molecule has 2 aromatic rings. The van der Waals surface area contributed by atoms with Gasteiger partial charge >= 0.3 is 0 Å². The fraction of sp³-hybridized carbons (Fsp3) is 0.182. The molecule has 0 fully saturated rings. The van der Waals surface area contributed by atoms with Gasteiger partial charge in [-0.15, -0.1) is 0 Å². The molecule has 4 nitrogen and oxygen atoms in total. The molecule has 0 aliphatic rings. The van der Waals surface area contributed by atoms with E-state index in [9.17, 15) is 0 Å². The van der Waals surface area contributed by atoms with Crippen LogP contribution in [0.15, 0.2) is 30.5 Å². The Kier molecular flexibility index (Phi) is 2.33. The molecule has 0 amide bonds. The summed E-state index contributed by atoms with van der Waals surface area (Å²) in [5.74, 6) is 0.690. The lowest BCUT2D eigenvalue weighted by molar-refractivity contribution is 0.417. The summed E-state index contributed by atoms with van der Waals surface area (Å²) in [4.78, 5) is 0. The highest BCUT2D eigenvalue weighted by Gasteiger charge is 2.04. The second kappa shape index (κ2) is 3.65. The Hall–Kier alpha value is -1.97. The predicted molar refractivity (Wildman–Crippen MR) is 59.6 cm³/mol. The Morgan fingerprint density at radius 2 is 2.13 bits per heavy atom. The largest absolute Gasteiger partial charge is 0.495 e. The van der Waals surface area contributed by atoms with Crippen molar-refractivity contribution < 1.29 is 4.74 Å². The Balaban J connectivity index is 2.42. The third-order valence-electron chi connectivity index (χ3n) is 2.24. The molecule has 0 unspecified atom stereocenters.